The summed E-state index contributed by atoms with van der Waals surface area (Å²) in [7, 11) is 0. The number of non-ortho nitro benzene ring substituents is 1. The molecule has 0 saturated heterocycles. The van der Waals surface area contributed by atoms with Crippen LogP contribution in [0.5, 0.6) is 5.75 Å². The highest BCUT2D eigenvalue weighted by atomic mass is 32.1. The number of nitrogens with zero attached hydrogens (tertiary/aromatic N) is 1. The second kappa shape index (κ2) is 8.41. The van der Waals surface area contributed by atoms with E-state index >= 15 is 0 Å². The largest absolute Gasteiger partial charge is 0.484 e. The van der Waals surface area contributed by atoms with E-state index in [9.17, 15) is 19.3 Å². The fourth-order valence-corrected chi connectivity index (χ4v) is 3.27. The number of carbonyl (C=O) groups is 1. The van der Waals surface area contributed by atoms with Crippen molar-refractivity contribution in [3.63, 3.8) is 0 Å². The number of thiophene rings is 1. The van der Waals surface area contributed by atoms with E-state index in [0.29, 0.717) is 0 Å². The molecule has 0 radical (unpaired) electrons. The van der Waals surface area contributed by atoms with Gasteiger partial charge in [0.05, 0.1) is 17.0 Å². The highest BCUT2D eigenvalue weighted by Gasteiger charge is 2.18. The summed E-state index contributed by atoms with van der Waals surface area (Å²) < 4.78 is 18.6. The predicted octanol–water partition coefficient (Wildman–Crippen LogP) is 4.08. The van der Waals surface area contributed by atoms with Gasteiger partial charge in [-0.1, -0.05) is 24.3 Å². The maximum Gasteiger partial charge on any atom is 0.273 e. The lowest BCUT2D eigenvalue weighted by atomic mass is 10.1. The lowest BCUT2D eigenvalue weighted by Gasteiger charge is -2.18. The van der Waals surface area contributed by atoms with Crippen molar-refractivity contribution < 1.29 is 18.8 Å². The van der Waals surface area contributed by atoms with Crippen molar-refractivity contribution in [2.45, 2.75) is 6.04 Å². The summed E-state index contributed by atoms with van der Waals surface area (Å²) in [5.41, 5.74) is 0.623. The summed E-state index contributed by atoms with van der Waals surface area (Å²) in [4.78, 5) is 23.5. The summed E-state index contributed by atoms with van der Waals surface area (Å²) in [5, 5.41) is 15.5. The summed E-state index contributed by atoms with van der Waals surface area (Å²) in [6, 6.07) is 14.8. The van der Waals surface area contributed by atoms with Crippen LogP contribution in [0.25, 0.3) is 0 Å². The van der Waals surface area contributed by atoms with Crippen LogP contribution in [0.2, 0.25) is 0 Å². The molecule has 0 aliphatic rings. The van der Waals surface area contributed by atoms with Gasteiger partial charge in [0.2, 0.25) is 0 Å². The fourth-order valence-electron chi connectivity index (χ4n) is 2.47. The number of hydrogen-bond donors (Lipinski definition) is 1. The van der Waals surface area contributed by atoms with Gasteiger partial charge >= 0.3 is 0 Å². The van der Waals surface area contributed by atoms with E-state index in [-0.39, 0.29) is 23.9 Å². The third-order valence-electron chi connectivity index (χ3n) is 3.73. The van der Waals surface area contributed by atoms with Crippen molar-refractivity contribution in [3.8, 4) is 5.75 Å². The molecule has 3 rings (SSSR count). The molecule has 0 unspecified atom stereocenters. The Morgan fingerprint density at radius 1 is 1.19 bits per heavy atom. The van der Waals surface area contributed by atoms with E-state index in [1.807, 2.05) is 17.5 Å². The van der Waals surface area contributed by atoms with Crippen molar-refractivity contribution >= 4 is 22.9 Å². The van der Waals surface area contributed by atoms with Gasteiger partial charge in [0, 0.05) is 10.9 Å². The second-order valence-electron chi connectivity index (χ2n) is 5.61. The number of ether oxygens (including phenoxy) is 1. The molecule has 8 heteroatoms. The van der Waals surface area contributed by atoms with E-state index in [1.54, 1.807) is 12.1 Å². The Hall–Kier alpha value is -3.26. The Kier molecular flexibility index (Phi) is 5.77. The molecule has 0 saturated carbocycles. The van der Waals surface area contributed by atoms with Crippen LogP contribution in [0.15, 0.2) is 66.0 Å². The van der Waals surface area contributed by atoms with E-state index in [1.165, 1.54) is 47.7 Å². The third kappa shape index (κ3) is 4.89. The molecule has 3 aromatic rings. The molecule has 2 aromatic carbocycles. The standard InChI is InChI=1S/C19H15FN2O4S/c20-14-8-6-13(7-9-14)19(17-5-2-10-27-17)21-18(23)12-26-16-4-1-3-15(11-16)22(24)25/h1-11,19H,12H2,(H,21,23)/t19-/m0/s1. The van der Waals surface area contributed by atoms with Crippen LogP contribution in [-0.2, 0) is 4.79 Å². The highest BCUT2D eigenvalue weighted by molar-refractivity contribution is 7.10. The third-order valence-corrected chi connectivity index (χ3v) is 4.67. The number of carbonyl (C=O) groups excluding carboxylic acids is 1. The van der Waals surface area contributed by atoms with Gasteiger partial charge in [-0.2, -0.15) is 0 Å². The first-order valence-corrected chi connectivity index (χ1v) is 8.86. The van der Waals surface area contributed by atoms with Crippen LogP contribution in [0, 0.1) is 15.9 Å². The molecule has 138 valence electrons. The predicted molar refractivity (Wildman–Crippen MR) is 99.3 cm³/mol. The molecule has 1 amide bonds. The topological polar surface area (TPSA) is 81.5 Å². The van der Waals surface area contributed by atoms with E-state index in [0.717, 1.165) is 10.4 Å². The second-order valence-corrected chi connectivity index (χ2v) is 6.59. The Morgan fingerprint density at radius 2 is 1.96 bits per heavy atom. The van der Waals surface area contributed by atoms with E-state index < -0.39 is 16.9 Å². The van der Waals surface area contributed by atoms with Gasteiger partial charge in [-0.15, -0.1) is 11.3 Å². The number of nitro benzene ring substituents is 1. The normalized spacial score (nSPS) is 11.6. The molecule has 1 aromatic heterocycles. The molecular weight excluding hydrogens is 371 g/mol. The van der Waals surface area contributed by atoms with Gasteiger partial charge in [0.1, 0.15) is 11.6 Å². The molecule has 0 fully saturated rings. The van der Waals surface area contributed by atoms with Gasteiger partial charge < -0.3 is 10.1 Å². The van der Waals surface area contributed by atoms with Crippen molar-refractivity contribution in [2.75, 3.05) is 6.61 Å². The van der Waals surface area contributed by atoms with Crippen molar-refractivity contribution in [1.29, 1.82) is 0 Å². The highest BCUT2D eigenvalue weighted by Crippen LogP contribution is 2.26. The summed E-state index contributed by atoms with van der Waals surface area (Å²) in [6.45, 7) is -0.301. The number of amides is 1. The average Bonchev–Trinajstić information content (AvgIpc) is 3.20. The maximum atomic E-state index is 13.2. The molecule has 0 spiro atoms. The van der Waals surface area contributed by atoms with Crippen molar-refractivity contribution in [3.05, 3.63) is 92.4 Å². The molecule has 1 N–H and O–H groups in total. The molecule has 6 nitrogen and oxygen atoms in total. The van der Waals surface area contributed by atoms with Crippen LogP contribution in [0.4, 0.5) is 10.1 Å². The number of hydrogen-bond acceptors (Lipinski definition) is 5. The first-order chi connectivity index (χ1) is 13.0. The van der Waals surface area contributed by atoms with E-state index in [2.05, 4.69) is 5.32 Å². The summed E-state index contributed by atoms with van der Waals surface area (Å²) in [5.74, 6) is -0.526. The van der Waals surface area contributed by atoms with Crippen LogP contribution in [-0.4, -0.2) is 17.4 Å². The zero-order chi connectivity index (χ0) is 19.2. The number of nitro groups is 1. The number of rotatable bonds is 7. The molecule has 1 heterocycles. The molecule has 0 aliphatic carbocycles. The number of nitrogens with one attached hydrogen (secondary N) is 1. The SMILES string of the molecule is O=C(COc1cccc([N+](=O)[O-])c1)N[C@@H](c1ccc(F)cc1)c1cccs1. The average molecular weight is 386 g/mol. The molecule has 27 heavy (non-hydrogen) atoms. The zero-order valence-corrected chi connectivity index (χ0v) is 14.8. The first-order valence-electron chi connectivity index (χ1n) is 7.98. The summed E-state index contributed by atoms with van der Waals surface area (Å²) >= 11 is 1.47. The number of benzene rings is 2. The smallest absolute Gasteiger partial charge is 0.273 e. The van der Waals surface area contributed by atoms with Crippen LogP contribution in [0.3, 0.4) is 0 Å². The van der Waals surface area contributed by atoms with Gasteiger partial charge in [0.15, 0.2) is 6.61 Å². The Bertz CT molecular complexity index is 929. The minimum Gasteiger partial charge on any atom is -0.484 e. The first kappa shape index (κ1) is 18.5. The minimum atomic E-state index is -0.533. The Balaban J connectivity index is 1.69. The zero-order valence-electron chi connectivity index (χ0n) is 14.0. The van der Waals surface area contributed by atoms with Gasteiger partial charge in [-0.3, -0.25) is 14.9 Å². The number of halogens is 1. The van der Waals surface area contributed by atoms with Crippen LogP contribution in [0.1, 0.15) is 16.5 Å². The molecule has 0 bridgehead atoms. The fraction of sp³-hybridized carbons (Fsp3) is 0.105. The lowest BCUT2D eigenvalue weighted by molar-refractivity contribution is -0.384. The monoisotopic (exact) mass is 386 g/mol. The van der Waals surface area contributed by atoms with Crippen LogP contribution >= 0.6 is 11.3 Å². The Morgan fingerprint density at radius 3 is 2.63 bits per heavy atom. The van der Waals surface area contributed by atoms with Gasteiger partial charge in [0.25, 0.3) is 11.6 Å². The van der Waals surface area contributed by atoms with Gasteiger partial charge in [-0.05, 0) is 35.2 Å². The van der Waals surface area contributed by atoms with Crippen molar-refractivity contribution in [1.82, 2.24) is 5.32 Å². The summed E-state index contributed by atoms with van der Waals surface area (Å²) in [6.07, 6.45) is 0. The lowest BCUT2D eigenvalue weighted by Crippen LogP contribution is -2.32. The van der Waals surface area contributed by atoms with Crippen molar-refractivity contribution in [2.24, 2.45) is 0 Å². The van der Waals surface area contributed by atoms with Crippen LogP contribution < -0.4 is 10.1 Å². The van der Waals surface area contributed by atoms with Gasteiger partial charge in [-0.25, -0.2) is 4.39 Å². The quantitative estimate of drug-likeness (QED) is 0.490. The minimum absolute atomic E-state index is 0.115. The van der Waals surface area contributed by atoms with E-state index in [4.69, 9.17) is 4.74 Å². The molecular formula is C19H15FN2O4S. The molecule has 1 atom stereocenters. The Labute approximate surface area is 158 Å². The molecule has 0 aliphatic heterocycles. The maximum absolute atomic E-state index is 13.2.